The topological polar surface area (TPSA) is 55.0 Å². The van der Waals surface area contributed by atoms with E-state index in [1.807, 2.05) is 0 Å². The molecule has 72 valence electrons. The van der Waals surface area contributed by atoms with Gasteiger partial charge in [-0.25, -0.2) is 9.97 Å². The van der Waals surface area contributed by atoms with E-state index in [1.54, 1.807) is 12.4 Å². The standard InChI is InChI=1S/C9H16N4/c1-4-13(7(2)3)9-11-5-8(10)6-12-9/h5-7H,4,10H2,1-3H3. The lowest BCUT2D eigenvalue weighted by atomic mass is 10.3. The summed E-state index contributed by atoms with van der Waals surface area (Å²) in [6, 6.07) is 0.411. The Morgan fingerprint density at radius 1 is 1.38 bits per heavy atom. The van der Waals surface area contributed by atoms with Crippen molar-refractivity contribution in [1.29, 1.82) is 0 Å². The summed E-state index contributed by atoms with van der Waals surface area (Å²) < 4.78 is 0. The average Bonchev–Trinajstić information content (AvgIpc) is 2.09. The van der Waals surface area contributed by atoms with Crippen molar-refractivity contribution in [2.75, 3.05) is 17.2 Å². The highest BCUT2D eigenvalue weighted by molar-refractivity contribution is 5.38. The van der Waals surface area contributed by atoms with E-state index in [4.69, 9.17) is 5.73 Å². The smallest absolute Gasteiger partial charge is 0.225 e. The Morgan fingerprint density at radius 2 is 1.92 bits per heavy atom. The number of hydrogen-bond acceptors (Lipinski definition) is 4. The fourth-order valence-corrected chi connectivity index (χ4v) is 1.22. The second-order valence-electron chi connectivity index (χ2n) is 3.20. The van der Waals surface area contributed by atoms with Crippen molar-refractivity contribution in [2.45, 2.75) is 26.8 Å². The molecule has 0 aliphatic rings. The van der Waals surface area contributed by atoms with E-state index < -0.39 is 0 Å². The van der Waals surface area contributed by atoms with Crippen LogP contribution < -0.4 is 10.6 Å². The van der Waals surface area contributed by atoms with Crippen LogP contribution in [-0.4, -0.2) is 22.6 Å². The maximum absolute atomic E-state index is 5.50. The highest BCUT2D eigenvalue weighted by Crippen LogP contribution is 2.10. The lowest BCUT2D eigenvalue weighted by molar-refractivity contribution is 0.681. The van der Waals surface area contributed by atoms with Crippen molar-refractivity contribution < 1.29 is 0 Å². The summed E-state index contributed by atoms with van der Waals surface area (Å²) in [5.41, 5.74) is 6.10. The molecule has 4 heteroatoms. The third-order valence-corrected chi connectivity index (χ3v) is 1.88. The van der Waals surface area contributed by atoms with Crippen LogP contribution >= 0.6 is 0 Å². The van der Waals surface area contributed by atoms with Crippen molar-refractivity contribution in [3.8, 4) is 0 Å². The van der Waals surface area contributed by atoms with Crippen molar-refractivity contribution in [3.63, 3.8) is 0 Å². The molecule has 0 amide bonds. The van der Waals surface area contributed by atoms with E-state index in [-0.39, 0.29) is 0 Å². The molecule has 0 atom stereocenters. The lowest BCUT2D eigenvalue weighted by Crippen LogP contribution is -2.31. The highest BCUT2D eigenvalue weighted by atomic mass is 15.3. The second kappa shape index (κ2) is 4.07. The van der Waals surface area contributed by atoms with E-state index in [1.165, 1.54) is 0 Å². The molecule has 4 nitrogen and oxygen atoms in total. The maximum atomic E-state index is 5.50. The molecule has 1 rings (SSSR count). The van der Waals surface area contributed by atoms with Gasteiger partial charge < -0.3 is 10.6 Å². The Balaban J connectivity index is 2.86. The number of aromatic nitrogens is 2. The van der Waals surface area contributed by atoms with Gasteiger partial charge in [-0.1, -0.05) is 0 Å². The summed E-state index contributed by atoms with van der Waals surface area (Å²) in [4.78, 5) is 10.4. The van der Waals surface area contributed by atoms with Crippen LogP contribution in [-0.2, 0) is 0 Å². The molecule has 0 saturated carbocycles. The van der Waals surface area contributed by atoms with Crippen molar-refractivity contribution in [1.82, 2.24) is 9.97 Å². The predicted octanol–water partition coefficient (Wildman–Crippen LogP) is 1.29. The average molecular weight is 180 g/mol. The van der Waals surface area contributed by atoms with Crippen LogP contribution in [0.15, 0.2) is 12.4 Å². The maximum Gasteiger partial charge on any atom is 0.225 e. The molecule has 0 aliphatic carbocycles. The number of nitrogen functional groups attached to an aromatic ring is 1. The number of nitrogens with zero attached hydrogens (tertiary/aromatic N) is 3. The van der Waals surface area contributed by atoms with Crippen molar-refractivity contribution in [2.24, 2.45) is 0 Å². The van der Waals surface area contributed by atoms with Crippen molar-refractivity contribution >= 4 is 11.6 Å². The van der Waals surface area contributed by atoms with Gasteiger partial charge in [0.25, 0.3) is 0 Å². The molecular formula is C9H16N4. The van der Waals surface area contributed by atoms with Gasteiger partial charge in [-0.15, -0.1) is 0 Å². The van der Waals surface area contributed by atoms with Crippen LogP contribution in [0.3, 0.4) is 0 Å². The number of anilines is 2. The Bertz CT molecular complexity index is 255. The molecular weight excluding hydrogens is 164 g/mol. The van der Waals surface area contributed by atoms with Crippen LogP contribution in [0.5, 0.6) is 0 Å². The minimum absolute atomic E-state index is 0.411. The zero-order chi connectivity index (χ0) is 9.84. The lowest BCUT2D eigenvalue weighted by Gasteiger charge is -2.24. The molecule has 13 heavy (non-hydrogen) atoms. The molecule has 0 radical (unpaired) electrons. The van der Waals surface area contributed by atoms with E-state index >= 15 is 0 Å². The van der Waals surface area contributed by atoms with Crippen LogP contribution in [0.25, 0.3) is 0 Å². The zero-order valence-corrected chi connectivity index (χ0v) is 8.36. The van der Waals surface area contributed by atoms with E-state index in [0.29, 0.717) is 11.7 Å². The Labute approximate surface area is 78.8 Å². The molecule has 0 bridgehead atoms. The highest BCUT2D eigenvalue weighted by Gasteiger charge is 2.09. The normalized spacial score (nSPS) is 10.5. The van der Waals surface area contributed by atoms with Crippen LogP contribution in [0, 0.1) is 0 Å². The summed E-state index contributed by atoms with van der Waals surface area (Å²) in [5.74, 6) is 0.742. The monoisotopic (exact) mass is 180 g/mol. The summed E-state index contributed by atoms with van der Waals surface area (Å²) in [6.45, 7) is 7.22. The zero-order valence-electron chi connectivity index (χ0n) is 8.36. The second-order valence-corrected chi connectivity index (χ2v) is 3.20. The summed E-state index contributed by atoms with van der Waals surface area (Å²) in [6.07, 6.45) is 3.26. The number of nitrogens with two attached hydrogens (primary N) is 1. The first-order valence-corrected chi connectivity index (χ1v) is 4.49. The van der Waals surface area contributed by atoms with Gasteiger partial charge in [0.15, 0.2) is 0 Å². The summed E-state index contributed by atoms with van der Waals surface area (Å²) >= 11 is 0. The number of rotatable bonds is 3. The fraction of sp³-hybridized carbons (Fsp3) is 0.556. The van der Waals surface area contributed by atoms with Crippen LogP contribution in [0.4, 0.5) is 11.6 Å². The number of hydrogen-bond donors (Lipinski definition) is 1. The molecule has 0 fully saturated rings. The molecule has 0 saturated heterocycles. The van der Waals surface area contributed by atoms with Crippen molar-refractivity contribution in [3.05, 3.63) is 12.4 Å². The summed E-state index contributed by atoms with van der Waals surface area (Å²) in [7, 11) is 0. The fourth-order valence-electron chi connectivity index (χ4n) is 1.22. The first-order valence-electron chi connectivity index (χ1n) is 4.49. The first-order chi connectivity index (χ1) is 6.15. The Hall–Kier alpha value is -1.32. The SMILES string of the molecule is CCN(c1ncc(N)cn1)C(C)C. The van der Waals surface area contributed by atoms with Crippen LogP contribution in [0.2, 0.25) is 0 Å². The molecule has 2 N–H and O–H groups in total. The minimum atomic E-state index is 0.411. The predicted molar refractivity (Wildman–Crippen MR) is 54.6 cm³/mol. The van der Waals surface area contributed by atoms with Gasteiger partial charge in [-0.05, 0) is 20.8 Å². The van der Waals surface area contributed by atoms with E-state index in [2.05, 4.69) is 35.6 Å². The molecule has 1 aromatic heterocycles. The molecule has 0 aromatic carbocycles. The quantitative estimate of drug-likeness (QED) is 0.761. The van der Waals surface area contributed by atoms with Crippen LogP contribution in [0.1, 0.15) is 20.8 Å². The van der Waals surface area contributed by atoms with Gasteiger partial charge in [0, 0.05) is 12.6 Å². The van der Waals surface area contributed by atoms with Gasteiger partial charge >= 0.3 is 0 Å². The molecule has 0 spiro atoms. The molecule has 1 aromatic rings. The Kier molecular flexibility index (Phi) is 3.06. The first kappa shape index (κ1) is 9.77. The minimum Gasteiger partial charge on any atom is -0.396 e. The van der Waals surface area contributed by atoms with E-state index in [0.717, 1.165) is 12.5 Å². The van der Waals surface area contributed by atoms with E-state index in [9.17, 15) is 0 Å². The molecule has 1 heterocycles. The third-order valence-electron chi connectivity index (χ3n) is 1.88. The van der Waals surface area contributed by atoms with Gasteiger partial charge in [0.2, 0.25) is 5.95 Å². The van der Waals surface area contributed by atoms with Gasteiger partial charge in [0.1, 0.15) is 0 Å². The molecule has 0 aliphatic heterocycles. The largest absolute Gasteiger partial charge is 0.396 e. The third kappa shape index (κ3) is 2.31. The van der Waals surface area contributed by atoms with Gasteiger partial charge in [-0.3, -0.25) is 0 Å². The van der Waals surface area contributed by atoms with Gasteiger partial charge in [0.05, 0.1) is 18.1 Å². The summed E-state index contributed by atoms with van der Waals surface area (Å²) in [5, 5.41) is 0. The molecule has 0 unspecified atom stereocenters. The Morgan fingerprint density at radius 3 is 2.31 bits per heavy atom. The van der Waals surface area contributed by atoms with Gasteiger partial charge in [-0.2, -0.15) is 0 Å².